The normalized spacial score (nSPS) is 26.9. The highest BCUT2D eigenvalue weighted by Gasteiger charge is 2.45. The first kappa shape index (κ1) is 16.9. The summed E-state index contributed by atoms with van der Waals surface area (Å²) in [6.45, 7) is 8.95. The van der Waals surface area contributed by atoms with Gasteiger partial charge in [0.15, 0.2) is 0 Å². The molecule has 0 spiro atoms. The summed E-state index contributed by atoms with van der Waals surface area (Å²) < 4.78 is 19.2. The van der Waals surface area contributed by atoms with E-state index in [4.69, 9.17) is 4.78 Å². The summed E-state index contributed by atoms with van der Waals surface area (Å²) in [5.41, 5.74) is 0. The molecule has 0 aromatic rings. The van der Waals surface area contributed by atoms with Gasteiger partial charge in [-0.05, 0) is 27.7 Å². The van der Waals surface area contributed by atoms with Crippen LogP contribution in [-0.4, -0.2) is 26.8 Å². The van der Waals surface area contributed by atoms with E-state index < -0.39 is 19.2 Å². The first-order valence-electron chi connectivity index (χ1n) is 4.19. The smallest absolute Gasteiger partial charge is 0.0612 e. The van der Waals surface area contributed by atoms with Crippen molar-refractivity contribution in [3.63, 3.8) is 0 Å². The first-order chi connectivity index (χ1) is 5.21. The zero-order valence-electron chi connectivity index (χ0n) is 9.05. The van der Waals surface area contributed by atoms with Gasteiger partial charge >= 0.3 is 0 Å². The fourth-order valence-corrected chi connectivity index (χ4v) is 3.72. The van der Waals surface area contributed by atoms with E-state index in [9.17, 15) is 4.21 Å². The lowest BCUT2D eigenvalue weighted by Crippen LogP contribution is -2.60. The second-order valence-electron chi connectivity index (χ2n) is 4.68. The van der Waals surface area contributed by atoms with Gasteiger partial charge in [-0.25, -0.2) is 4.21 Å². The van der Waals surface area contributed by atoms with Crippen LogP contribution in [0.2, 0.25) is 0 Å². The van der Waals surface area contributed by atoms with Gasteiger partial charge in [-0.3, -0.25) is 4.78 Å². The van der Waals surface area contributed by atoms with Gasteiger partial charge < -0.3 is 5.32 Å². The molecule has 1 rings (SSSR count). The van der Waals surface area contributed by atoms with Gasteiger partial charge in [0.05, 0.1) is 19.2 Å². The maximum absolute atomic E-state index is 12.1. The molecule has 14 heavy (non-hydrogen) atoms. The summed E-state index contributed by atoms with van der Waals surface area (Å²) in [4.78, 5) is 0. The van der Waals surface area contributed by atoms with Crippen molar-refractivity contribution in [3.8, 4) is 0 Å². The van der Waals surface area contributed by atoms with E-state index in [1.807, 2.05) is 27.7 Å². The largest absolute Gasteiger partial charge is 0.314 e. The molecule has 1 heterocycles. The molecule has 1 aliphatic rings. The van der Waals surface area contributed by atoms with Gasteiger partial charge in [0.25, 0.3) is 0 Å². The Hall–Kier alpha value is 0.490. The zero-order valence-corrected chi connectivity index (χ0v) is 11.5. The van der Waals surface area contributed by atoms with Crippen LogP contribution in [0.3, 0.4) is 0 Å². The summed E-state index contributed by atoms with van der Waals surface area (Å²) >= 11 is 0. The van der Waals surface area contributed by atoms with E-state index in [1.54, 1.807) is 0 Å². The summed E-state index contributed by atoms with van der Waals surface area (Å²) in [6, 6.07) is 0. The molecule has 1 aliphatic heterocycles. The molecule has 0 radical (unpaired) electrons. The fourth-order valence-electron chi connectivity index (χ4n) is 1.62. The minimum Gasteiger partial charge on any atom is -0.314 e. The molecule has 3 nitrogen and oxygen atoms in total. The third-order valence-corrected chi connectivity index (χ3v) is 6.06. The Bertz CT molecular complexity index is 264. The summed E-state index contributed by atoms with van der Waals surface area (Å²) in [5.74, 6) is 0. The lowest BCUT2D eigenvalue weighted by atomic mass is 10.1. The average molecular weight is 263 g/mol. The van der Waals surface area contributed by atoms with E-state index >= 15 is 0 Å². The highest BCUT2D eigenvalue weighted by molar-refractivity contribution is 7.95. The topological polar surface area (TPSA) is 53.0 Å². The maximum atomic E-state index is 12.1. The molecule has 0 unspecified atom stereocenters. The number of rotatable bonds is 0. The van der Waals surface area contributed by atoms with Crippen LogP contribution in [-0.2, 0) is 9.73 Å². The number of hydrogen-bond donors (Lipinski definition) is 2. The third-order valence-electron chi connectivity index (χ3n) is 2.66. The van der Waals surface area contributed by atoms with Gasteiger partial charge in [-0.2, -0.15) is 0 Å². The highest BCUT2D eigenvalue weighted by atomic mass is 35.5. The van der Waals surface area contributed by atoms with Crippen molar-refractivity contribution in [3.05, 3.63) is 0 Å². The van der Waals surface area contributed by atoms with Crippen LogP contribution < -0.4 is 5.32 Å². The molecule has 0 aliphatic carbocycles. The van der Waals surface area contributed by atoms with E-state index in [0.717, 1.165) is 0 Å². The van der Waals surface area contributed by atoms with Gasteiger partial charge in [0.2, 0.25) is 0 Å². The minimum absolute atomic E-state index is 0. The molecule has 1 saturated heterocycles. The molecule has 0 aromatic carbocycles. The Kier molecular flexibility index (Phi) is 5.50. The summed E-state index contributed by atoms with van der Waals surface area (Å²) in [5, 5.41) is 3.22. The molecular weight excluding hydrogens is 243 g/mol. The fraction of sp³-hybridized carbons (Fsp3) is 1.00. The molecule has 2 N–H and O–H groups in total. The van der Waals surface area contributed by atoms with E-state index in [1.165, 1.54) is 0 Å². The Morgan fingerprint density at radius 3 is 1.57 bits per heavy atom. The van der Waals surface area contributed by atoms with E-state index in [0.29, 0.717) is 13.1 Å². The molecule has 0 aromatic heterocycles. The van der Waals surface area contributed by atoms with Crippen molar-refractivity contribution in [1.29, 1.82) is 4.78 Å². The molecule has 0 amide bonds. The predicted molar refractivity (Wildman–Crippen MR) is 66.4 cm³/mol. The van der Waals surface area contributed by atoms with Crippen molar-refractivity contribution in [2.24, 2.45) is 0 Å². The standard InChI is InChI=1S/C8H18N2OS.2ClH/c1-7(2)5-10-6-8(3,4)12(7,9)11;;/h9-10H,5-6H2,1-4H3;2*1H. The van der Waals surface area contributed by atoms with Gasteiger partial charge in [-0.15, -0.1) is 24.8 Å². The third kappa shape index (κ3) is 2.35. The molecule has 0 atom stereocenters. The second kappa shape index (κ2) is 4.56. The predicted octanol–water partition coefficient (Wildman–Crippen LogP) is 2.04. The zero-order chi connectivity index (χ0) is 9.62. The van der Waals surface area contributed by atoms with Gasteiger partial charge in [0.1, 0.15) is 0 Å². The Balaban J connectivity index is 0. The maximum Gasteiger partial charge on any atom is 0.0612 e. The highest BCUT2D eigenvalue weighted by Crippen LogP contribution is 2.32. The number of hydrogen-bond acceptors (Lipinski definition) is 3. The van der Waals surface area contributed by atoms with Crippen molar-refractivity contribution >= 4 is 34.5 Å². The van der Waals surface area contributed by atoms with Crippen molar-refractivity contribution < 1.29 is 4.21 Å². The van der Waals surface area contributed by atoms with Crippen LogP contribution in [0, 0.1) is 4.78 Å². The minimum atomic E-state index is -2.50. The lowest BCUT2D eigenvalue weighted by molar-refractivity contribution is 0.461. The number of halogens is 2. The van der Waals surface area contributed by atoms with Crippen LogP contribution in [0.15, 0.2) is 0 Å². The van der Waals surface area contributed by atoms with E-state index in [2.05, 4.69) is 5.32 Å². The van der Waals surface area contributed by atoms with Crippen LogP contribution in [0.1, 0.15) is 27.7 Å². The van der Waals surface area contributed by atoms with E-state index in [-0.39, 0.29) is 24.8 Å². The van der Waals surface area contributed by atoms with Crippen LogP contribution in [0.4, 0.5) is 0 Å². The molecule has 1 fully saturated rings. The van der Waals surface area contributed by atoms with Gasteiger partial charge in [0, 0.05) is 13.1 Å². The van der Waals surface area contributed by atoms with Gasteiger partial charge in [-0.1, -0.05) is 0 Å². The van der Waals surface area contributed by atoms with Crippen molar-refractivity contribution in [2.45, 2.75) is 37.2 Å². The van der Waals surface area contributed by atoms with Crippen LogP contribution in [0.5, 0.6) is 0 Å². The number of nitrogens with one attached hydrogen (secondary N) is 2. The molecule has 88 valence electrons. The Morgan fingerprint density at radius 1 is 1.07 bits per heavy atom. The summed E-state index contributed by atoms with van der Waals surface area (Å²) in [7, 11) is -2.50. The SMILES string of the molecule is CC1(C)CNCC(C)(C)S1(=N)=O.Cl.Cl. The van der Waals surface area contributed by atoms with Crippen LogP contribution >= 0.6 is 24.8 Å². The molecule has 0 saturated carbocycles. The average Bonchev–Trinajstić information content (AvgIpc) is 1.83. The molecular formula is C8H20Cl2N2OS. The summed E-state index contributed by atoms with van der Waals surface area (Å²) in [6.07, 6.45) is 0. The Morgan fingerprint density at radius 2 is 1.36 bits per heavy atom. The second-order valence-corrected chi connectivity index (χ2v) is 8.00. The monoisotopic (exact) mass is 262 g/mol. The lowest BCUT2D eigenvalue weighted by Gasteiger charge is -2.43. The van der Waals surface area contributed by atoms with Crippen molar-refractivity contribution in [2.75, 3.05) is 13.1 Å². The van der Waals surface area contributed by atoms with Crippen molar-refractivity contribution in [1.82, 2.24) is 5.32 Å². The molecule has 6 heteroatoms. The Labute approximate surface area is 99.2 Å². The molecule has 0 bridgehead atoms. The first-order valence-corrected chi connectivity index (χ1v) is 5.75. The van der Waals surface area contributed by atoms with Crippen LogP contribution in [0.25, 0.3) is 0 Å². The quantitative estimate of drug-likeness (QED) is 0.702.